The van der Waals surface area contributed by atoms with Gasteiger partial charge in [0.15, 0.2) is 0 Å². The van der Waals surface area contributed by atoms with E-state index in [0.29, 0.717) is 12.1 Å². The highest BCUT2D eigenvalue weighted by Crippen LogP contribution is 2.21. The molecule has 4 nitrogen and oxygen atoms in total. The molecule has 1 aromatic heterocycles. The van der Waals surface area contributed by atoms with Gasteiger partial charge in [-0.3, -0.25) is 9.58 Å². The summed E-state index contributed by atoms with van der Waals surface area (Å²) in [6.07, 6.45) is 4.62. The number of rotatable bonds is 6. The summed E-state index contributed by atoms with van der Waals surface area (Å²) < 4.78 is 2.05. The third kappa shape index (κ3) is 3.83. The maximum absolute atomic E-state index is 4.67. The summed E-state index contributed by atoms with van der Waals surface area (Å²) in [5.74, 6) is 0.774. The molecule has 2 atom stereocenters. The maximum atomic E-state index is 4.67. The lowest BCUT2D eigenvalue weighted by Gasteiger charge is -2.38. The van der Waals surface area contributed by atoms with Crippen molar-refractivity contribution in [2.24, 2.45) is 5.92 Å². The van der Waals surface area contributed by atoms with Crippen molar-refractivity contribution in [3.05, 3.63) is 18.0 Å². The van der Waals surface area contributed by atoms with Crippen molar-refractivity contribution in [3.63, 3.8) is 0 Å². The van der Waals surface area contributed by atoms with Crippen molar-refractivity contribution in [1.29, 1.82) is 0 Å². The zero-order valence-corrected chi connectivity index (χ0v) is 13.5. The molecular formula is C16H30N4. The highest BCUT2D eigenvalue weighted by atomic mass is 15.3. The Balaban J connectivity index is 1.90. The van der Waals surface area contributed by atoms with E-state index in [0.717, 1.165) is 19.0 Å². The van der Waals surface area contributed by atoms with E-state index in [1.165, 1.54) is 31.6 Å². The molecule has 114 valence electrons. The number of aromatic nitrogens is 2. The quantitative estimate of drug-likeness (QED) is 0.868. The normalized spacial score (nSPS) is 24.4. The second-order valence-electron chi connectivity index (χ2n) is 6.24. The average Bonchev–Trinajstić information content (AvgIpc) is 2.89. The third-order valence-corrected chi connectivity index (χ3v) is 4.39. The van der Waals surface area contributed by atoms with Crippen molar-refractivity contribution in [2.75, 3.05) is 19.6 Å². The second-order valence-corrected chi connectivity index (χ2v) is 6.24. The Morgan fingerprint density at radius 2 is 2.20 bits per heavy atom. The Kier molecular flexibility index (Phi) is 5.61. The van der Waals surface area contributed by atoms with Crippen LogP contribution in [-0.4, -0.2) is 40.4 Å². The first-order chi connectivity index (χ1) is 9.63. The molecule has 0 aromatic carbocycles. The molecule has 1 fully saturated rings. The molecule has 2 heterocycles. The van der Waals surface area contributed by atoms with Crippen LogP contribution in [0.4, 0.5) is 0 Å². The van der Waals surface area contributed by atoms with Crippen LogP contribution in [0.25, 0.3) is 0 Å². The monoisotopic (exact) mass is 278 g/mol. The number of piperidine rings is 1. The lowest BCUT2D eigenvalue weighted by Crippen LogP contribution is -2.48. The smallest absolute Gasteiger partial charge is 0.0764 e. The minimum atomic E-state index is 0.451. The maximum Gasteiger partial charge on any atom is 0.0764 e. The van der Waals surface area contributed by atoms with Gasteiger partial charge in [0, 0.05) is 37.9 Å². The summed E-state index contributed by atoms with van der Waals surface area (Å²) in [5.41, 5.74) is 1.20. The SMILES string of the molecule is CCNC1CCN(Cc2ccn(C(C)C)n2)CC1CC. The highest BCUT2D eigenvalue weighted by Gasteiger charge is 2.27. The molecule has 20 heavy (non-hydrogen) atoms. The molecule has 0 saturated carbocycles. The van der Waals surface area contributed by atoms with E-state index in [2.05, 4.69) is 60.0 Å². The van der Waals surface area contributed by atoms with Crippen LogP contribution >= 0.6 is 0 Å². The van der Waals surface area contributed by atoms with Gasteiger partial charge in [0.1, 0.15) is 0 Å². The van der Waals surface area contributed by atoms with Gasteiger partial charge < -0.3 is 5.32 Å². The van der Waals surface area contributed by atoms with E-state index >= 15 is 0 Å². The van der Waals surface area contributed by atoms with E-state index < -0.39 is 0 Å². The predicted molar refractivity (Wildman–Crippen MR) is 83.8 cm³/mol. The molecule has 1 aliphatic heterocycles. The van der Waals surface area contributed by atoms with Crippen LogP contribution < -0.4 is 5.32 Å². The molecule has 0 aliphatic carbocycles. The molecule has 0 amide bonds. The molecule has 1 saturated heterocycles. The second kappa shape index (κ2) is 7.23. The fourth-order valence-corrected chi connectivity index (χ4v) is 3.17. The minimum Gasteiger partial charge on any atom is -0.314 e. The van der Waals surface area contributed by atoms with Gasteiger partial charge in [-0.15, -0.1) is 0 Å². The Bertz CT molecular complexity index is 399. The fourth-order valence-electron chi connectivity index (χ4n) is 3.17. The first-order valence-electron chi connectivity index (χ1n) is 8.13. The minimum absolute atomic E-state index is 0.451. The topological polar surface area (TPSA) is 33.1 Å². The summed E-state index contributed by atoms with van der Waals surface area (Å²) in [7, 11) is 0. The Labute approximate surface area is 123 Å². The van der Waals surface area contributed by atoms with Crippen LogP contribution in [0.3, 0.4) is 0 Å². The molecule has 1 N–H and O–H groups in total. The van der Waals surface area contributed by atoms with Gasteiger partial charge in [0.05, 0.1) is 5.69 Å². The molecule has 0 spiro atoms. The van der Waals surface area contributed by atoms with Gasteiger partial charge in [-0.25, -0.2) is 0 Å². The van der Waals surface area contributed by atoms with Gasteiger partial charge in [0.2, 0.25) is 0 Å². The fraction of sp³-hybridized carbons (Fsp3) is 0.812. The largest absolute Gasteiger partial charge is 0.314 e. The van der Waals surface area contributed by atoms with Crippen LogP contribution in [0.15, 0.2) is 12.3 Å². The lowest BCUT2D eigenvalue weighted by molar-refractivity contribution is 0.128. The van der Waals surface area contributed by atoms with E-state index in [1.807, 2.05) is 0 Å². The third-order valence-electron chi connectivity index (χ3n) is 4.39. The van der Waals surface area contributed by atoms with Gasteiger partial charge in [-0.2, -0.15) is 5.10 Å². The number of hydrogen-bond acceptors (Lipinski definition) is 3. The van der Waals surface area contributed by atoms with Crippen molar-refractivity contribution in [1.82, 2.24) is 20.0 Å². The number of likely N-dealkylation sites (tertiary alicyclic amines) is 1. The van der Waals surface area contributed by atoms with Crippen molar-refractivity contribution >= 4 is 0 Å². The molecule has 1 aromatic rings. The first-order valence-corrected chi connectivity index (χ1v) is 8.13. The summed E-state index contributed by atoms with van der Waals surface area (Å²) in [5, 5.41) is 8.31. The summed E-state index contributed by atoms with van der Waals surface area (Å²) in [4.78, 5) is 2.56. The molecule has 0 bridgehead atoms. The Morgan fingerprint density at radius 3 is 2.80 bits per heavy atom. The molecule has 4 heteroatoms. The van der Waals surface area contributed by atoms with Crippen molar-refractivity contribution in [2.45, 2.75) is 59.2 Å². The standard InChI is InChI=1S/C16H30N4/c1-5-14-11-19(9-8-16(14)17-6-2)12-15-7-10-20(18-15)13(3)4/h7,10,13-14,16-17H,5-6,8-9,11-12H2,1-4H3. The summed E-state index contributed by atoms with van der Waals surface area (Å²) >= 11 is 0. The molecule has 2 rings (SSSR count). The van der Waals surface area contributed by atoms with Crippen LogP contribution in [0.2, 0.25) is 0 Å². The van der Waals surface area contributed by atoms with E-state index in [4.69, 9.17) is 0 Å². The molecule has 1 aliphatic rings. The Hall–Kier alpha value is -0.870. The van der Waals surface area contributed by atoms with Crippen molar-refractivity contribution in [3.8, 4) is 0 Å². The van der Waals surface area contributed by atoms with E-state index in [9.17, 15) is 0 Å². The van der Waals surface area contributed by atoms with E-state index in [-0.39, 0.29) is 0 Å². The van der Waals surface area contributed by atoms with Gasteiger partial charge in [0.25, 0.3) is 0 Å². The van der Waals surface area contributed by atoms with E-state index in [1.54, 1.807) is 0 Å². The van der Waals surface area contributed by atoms with Crippen LogP contribution in [0.1, 0.15) is 52.3 Å². The van der Waals surface area contributed by atoms with Gasteiger partial charge >= 0.3 is 0 Å². The number of hydrogen-bond donors (Lipinski definition) is 1. The highest BCUT2D eigenvalue weighted by molar-refractivity contribution is 5.00. The van der Waals surface area contributed by atoms with Gasteiger partial charge in [-0.1, -0.05) is 20.3 Å². The van der Waals surface area contributed by atoms with Crippen LogP contribution in [-0.2, 0) is 6.54 Å². The number of nitrogens with zero attached hydrogens (tertiary/aromatic N) is 3. The lowest BCUT2D eigenvalue weighted by atomic mass is 9.90. The zero-order valence-electron chi connectivity index (χ0n) is 13.5. The molecule has 2 unspecified atom stereocenters. The summed E-state index contributed by atoms with van der Waals surface area (Å²) in [6, 6.07) is 3.32. The first kappa shape index (κ1) is 15.5. The average molecular weight is 278 g/mol. The number of nitrogens with one attached hydrogen (secondary N) is 1. The van der Waals surface area contributed by atoms with Crippen LogP contribution in [0, 0.1) is 5.92 Å². The van der Waals surface area contributed by atoms with Crippen LogP contribution in [0.5, 0.6) is 0 Å². The molecule has 0 radical (unpaired) electrons. The Morgan fingerprint density at radius 1 is 1.40 bits per heavy atom. The summed E-state index contributed by atoms with van der Waals surface area (Å²) in [6.45, 7) is 13.3. The van der Waals surface area contributed by atoms with Gasteiger partial charge in [-0.05, 0) is 38.8 Å². The zero-order chi connectivity index (χ0) is 14.5. The predicted octanol–water partition coefficient (Wildman–Crippen LogP) is 2.67. The van der Waals surface area contributed by atoms with Crippen molar-refractivity contribution < 1.29 is 0 Å². The molecular weight excluding hydrogens is 248 g/mol.